The lowest BCUT2D eigenvalue weighted by Crippen LogP contribution is -2.10. The molecule has 2 nitrogen and oxygen atoms in total. The van der Waals surface area contributed by atoms with Crippen LogP contribution in [0.4, 0.5) is 17.1 Å². The molecule has 54 heavy (non-hydrogen) atoms. The monoisotopic (exact) mass is 742 g/mol. The van der Waals surface area contributed by atoms with Gasteiger partial charge in [-0.2, -0.15) is 0 Å². The molecule has 0 aliphatic rings. The molecular formula is C49H30N2S3. The average molecular weight is 743 g/mol. The Balaban J connectivity index is 0.997. The van der Waals surface area contributed by atoms with Crippen LogP contribution in [0.15, 0.2) is 182 Å². The van der Waals surface area contributed by atoms with E-state index in [9.17, 15) is 0 Å². The molecule has 5 heteroatoms. The van der Waals surface area contributed by atoms with E-state index in [1.807, 2.05) is 22.7 Å². The van der Waals surface area contributed by atoms with Gasteiger partial charge in [0.25, 0.3) is 0 Å². The highest BCUT2D eigenvalue weighted by Crippen LogP contribution is 2.46. The number of rotatable bonds is 6. The fraction of sp³-hybridized carbons (Fsp3) is 0. The topological polar surface area (TPSA) is 16.1 Å². The van der Waals surface area contributed by atoms with Gasteiger partial charge in [0, 0.05) is 52.6 Å². The third kappa shape index (κ3) is 5.24. The zero-order valence-corrected chi connectivity index (χ0v) is 31.4. The molecule has 0 atom stereocenters. The average Bonchev–Trinajstić information content (AvgIpc) is 3.96. The van der Waals surface area contributed by atoms with Gasteiger partial charge in [-0.25, -0.2) is 4.98 Å². The van der Waals surface area contributed by atoms with Crippen LogP contribution >= 0.6 is 34.0 Å². The number of aromatic nitrogens is 1. The number of hydrogen-bond donors (Lipinski definition) is 0. The van der Waals surface area contributed by atoms with Crippen molar-refractivity contribution in [2.24, 2.45) is 0 Å². The lowest BCUT2D eigenvalue weighted by molar-refractivity contribution is 1.30. The smallest absolute Gasteiger partial charge is 0.124 e. The molecule has 3 heterocycles. The summed E-state index contributed by atoms with van der Waals surface area (Å²) in [5.41, 5.74) is 10.5. The maximum absolute atomic E-state index is 5.16. The lowest BCUT2D eigenvalue weighted by Gasteiger charge is -2.26. The standard InChI is InChI=1S/C49H30N2S3/c1-3-10-31(11-4-1)32-18-23-36(24-19-32)51(41-16-9-15-39-38-14-7-8-17-42(38)53-48(39)41)37-25-20-33(21-26-37)35-22-27-40-45(30-35)52-43-28-29-44-47(46(40)43)50-49(54-44)34-12-5-2-6-13-34/h1-30H. The highest BCUT2D eigenvalue weighted by molar-refractivity contribution is 7.27. The minimum atomic E-state index is 1.07. The van der Waals surface area contributed by atoms with Crippen LogP contribution < -0.4 is 4.90 Å². The number of nitrogens with zero attached hydrogens (tertiary/aromatic N) is 2. The molecular weight excluding hydrogens is 713 g/mol. The van der Waals surface area contributed by atoms with E-state index >= 15 is 0 Å². The Morgan fingerprint density at radius 2 is 0.981 bits per heavy atom. The molecule has 0 saturated carbocycles. The Morgan fingerprint density at radius 1 is 0.370 bits per heavy atom. The van der Waals surface area contributed by atoms with Crippen LogP contribution in [0, 0.1) is 0 Å². The van der Waals surface area contributed by atoms with E-state index in [1.165, 1.54) is 78.5 Å². The first kappa shape index (κ1) is 31.4. The van der Waals surface area contributed by atoms with Crippen molar-refractivity contribution in [3.63, 3.8) is 0 Å². The molecule has 3 aromatic heterocycles. The van der Waals surface area contributed by atoms with Crippen molar-refractivity contribution in [1.29, 1.82) is 0 Å². The molecule has 0 aliphatic carbocycles. The van der Waals surface area contributed by atoms with E-state index in [1.54, 1.807) is 11.3 Å². The predicted octanol–water partition coefficient (Wildman–Crippen LogP) is 15.5. The Labute approximate surface area is 324 Å². The van der Waals surface area contributed by atoms with Crippen molar-refractivity contribution in [2.45, 2.75) is 0 Å². The largest absolute Gasteiger partial charge is 0.309 e. The van der Waals surface area contributed by atoms with Gasteiger partial charge in [-0.15, -0.1) is 34.0 Å². The highest BCUT2D eigenvalue weighted by atomic mass is 32.1. The van der Waals surface area contributed by atoms with E-state index in [0.717, 1.165) is 21.9 Å². The zero-order valence-electron chi connectivity index (χ0n) is 28.9. The summed E-state index contributed by atoms with van der Waals surface area (Å²) in [4.78, 5) is 7.57. The van der Waals surface area contributed by atoms with Gasteiger partial charge in [-0.1, -0.05) is 127 Å². The van der Waals surface area contributed by atoms with Crippen molar-refractivity contribution in [1.82, 2.24) is 4.98 Å². The summed E-state index contributed by atoms with van der Waals surface area (Å²) in [6, 6.07) is 66.0. The minimum absolute atomic E-state index is 1.07. The van der Waals surface area contributed by atoms with Gasteiger partial charge in [0.1, 0.15) is 5.01 Å². The van der Waals surface area contributed by atoms with Gasteiger partial charge in [-0.05, 0) is 76.9 Å². The number of thiazole rings is 1. The molecule has 8 aromatic carbocycles. The SMILES string of the molecule is c1ccc(-c2ccc(N(c3ccc(-c4ccc5c(c4)sc4ccc6sc(-c7ccccc7)nc6c45)cc3)c3cccc4c3sc3ccccc34)cc2)cc1. The Kier molecular flexibility index (Phi) is 7.44. The molecule has 0 unspecified atom stereocenters. The van der Waals surface area contributed by atoms with Crippen LogP contribution in [0.25, 0.3) is 83.4 Å². The quantitative estimate of drug-likeness (QED) is 0.169. The zero-order chi connectivity index (χ0) is 35.6. The first-order valence-corrected chi connectivity index (χ1v) is 20.5. The summed E-state index contributed by atoms with van der Waals surface area (Å²) in [7, 11) is 0. The first-order valence-electron chi connectivity index (χ1n) is 18.0. The van der Waals surface area contributed by atoms with Crippen molar-refractivity contribution in [2.75, 3.05) is 4.90 Å². The van der Waals surface area contributed by atoms with Gasteiger partial charge < -0.3 is 4.90 Å². The summed E-state index contributed by atoms with van der Waals surface area (Å²) in [6.45, 7) is 0. The van der Waals surface area contributed by atoms with E-state index in [-0.39, 0.29) is 0 Å². The van der Waals surface area contributed by atoms with Crippen LogP contribution in [0.2, 0.25) is 0 Å². The second kappa shape index (κ2) is 12.8. The van der Waals surface area contributed by atoms with Gasteiger partial charge in [0.2, 0.25) is 0 Å². The number of fused-ring (bicyclic) bond motifs is 8. The van der Waals surface area contributed by atoms with Crippen LogP contribution in [0.5, 0.6) is 0 Å². The van der Waals surface area contributed by atoms with Crippen molar-refractivity contribution >= 4 is 102 Å². The molecule has 11 aromatic rings. The number of thiophene rings is 2. The van der Waals surface area contributed by atoms with Crippen LogP contribution in [-0.4, -0.2) is 4.98 Å². The van der Waals surface area contributed by atoms with Gasteiger partial charge >= 0.3 is 0 Å². The van der Waals surface area contributed by atoms with Crippen LogP contribution in [-0.2, 0) is 0 Å². The Morgan fingerprint density at radius 3 is 1.74 bits per heavy atom. The molecule has 0 spiro atoms. The Hall–Kier alpha value is -6.11. The maximum Gasteiger partial charge on any atom is 0.124 e. The Bertz CT molecular complexity index is 3140. The highest BCUT2D eigenvalue weighted by Gasteiger charge is 2.19. The van der Waals surface area contributed by atoms with Crippen molar-refractivity contribution in [3.8, 4) is 32.8 Å². The predicted molar refractivity (Wildman–Crippen MR) is 236 cm³/mol. The van der Waals surface area contributed by atoms with Crippen LogP contribution in [0.1, 0.15) is 0 Å². The van der Waals surface area contributed by atoms with Crippen molar-refractivity contribution < 1.29 is 0 Å². The van der Waals surface area contributed by atoms with E-state index < -0.39 is 0 Å². The maximum atomic E-state index is 5.16. The van der Waals surface area contributed by atoms with E-state index in [0.29, 0.717) is 0 Å². The summed E-state index contributed by atoms with van der Waals surface area (Å²) in [6.07, 6.45) is 0. The fourth-order valence-corrected chi connectivity index (χ4v) is 11.0. The second-order valence-corrected chi connectivity index (χ2v) is 16.7. The molecule has 11 rings (SSSR count). The lowest BCUT2D eigenvalue weighted by atomic mass is 10.0. The summed E-state index contributed by atoms with van der Waals surface area (Å²) < 4.78 is 6.38. The van der Waals surface area contributed by atoms with Gasteiger partial charge in [0.15, 0.2) is 0 Å². The summed E-state index contributed by atoms with van der Waals surface area (Å²) in [5.74, 6) is 0. The summed E-state index contributed by atoms with van der Waals surface area (Å²) in [5, 5.41) is 6.19. The molecule has 0 fully saturated rings. The fourth-order valence-electron chi connectivity index (χ4n) is 7.71. The van der Waals surface area contributed by atoms with Crippen LogP contribution in [0.3, 0.4) is 0 Å². The van der Waals surface area contributed by atoms with E-state index in [4.69, 9.17) is 4.98 Å². The molecule has 0 radical (unpaired) electrons. The number of hydrogen-bond acceptors (Lipinski definition) is 5. The minimum Gasteiger partial charge on any atom is -0.309 e. The third-order valence-electron chi connectivity index (χ3n) is 10.3. The summed E-state index contributed by atoms with van der Waals surface area (Å²) >= 11 is 5.49. The second-order valence-electron chi connectivity index (χ2n) is 13.5. The van der Waals surface area contributed by atoms with Crippen molar-refractivity contribution in [3.05, 3.63) is 182 Å². The molecule has 0 bridgehead atoms. The van der Waals surface area contributed by atoms with Gasteiger partial charge in [0.05, 0.1) is 20.6 Å². The van der Waals surface area contributed by atoms with E-state index in [2.05, 4.69) is 187 Å². The molecule has 254 valence electrons. The number of benzene rings is 8. The molecule has 0 aliphatic heterocycles. The normalized spacial score (nSPS) is 11.7. The third-order valence-corrected chi connectivity index (χ3v) is 13.7. The molecule has 0 amide bonds. The number of anilines is 3. The van der Waals surface area contributed by atoms with Gasteiger partial charge in [-0.3, -0.25) is 0 Å². The first-order chi connectivity index (χ1) is 26.7. The molecule has 0 saturated heterocycles. The molecule has 0 N–H and O–H groups in total.